The first kappa shape index (κ1) is 15.4. The van der Waals surface area contributed by atoms with Crippen LogP contribution < -0.4 is 5.73 Å². The van der Waals surface area contributed by atoms with E-state index in [0.717, 1.165) is 6.42 Å². The number of carbonyl (C=O) groups is 1. The second-order valence-corrected chi connectivity index (χ2v) is 6.80. The molecule has 3 N–H and O–H groups in total. The van der Waals surface area contributed by atoms with E-state index in [1.165, 1.54) is 0 Å². The topological polar surface area (TPSA) is 107 Å². The molecule has 0 radical (unpaired) electrons. The molecule has 1 fully saturated rings. The minimum Gasteiger partial charge on any atom is -0.480 e. The van der Waals surface area contributed by atoms with Crippen LogP contribution in [0.2, 0.25) is 0 Å². The molecule has 0 amide bonds. The monoisotopic (exact) mass is 279 g/mol. The molecule has 0 saturated carbocycles. The summed E-state index contributed by atoms with van der Waals surface area (Å²) in [6.45, 7) is 1.00. The zero-order chi connectivity index (χ0) is 13.6. The van der Waals surface area contributed by atoms with Gasteiger partial charge < -0.3 is 15.6 Å². The molecule has 1 heterocycles. The molecule has 106 valence electrons. The van der Waals surface area contributed by atoms with Gasteiger partial charge in [0.15, 0.2) is 15.1 Å². The van der Waals surface area contributed by atoms with E-state index in [4.69, 9.17) is 15.6 Å². The quantitative estimate of drug-likeness (QED) is 0.613. The lowest BCUT2D eigenvalue weighted by molar-refractivity contribution is -0.136. The molecule has 2 atom stereocenters. The van der Waals surface area contributed by atoms with Crippen molar-refractivity contribution in [3.63, 3.8) is 0 Å². The number of aliphatic carboxylic acids is 1. The fourth-order valence-electron chi connectivity index (χ4n) is 2.08. The number of rotatable bonds is 8. The fourth-order valence-corrected chi connectivity index (χ4v) is 3.93. The first-order valence-electron chi connectivity index (χ1n) is 6.23. The van der Waals surface area contributed by atoms with Crippen molar-refractivity contribution in [2.24, 2.45) is 5.73 Å². The molecule has 0 spiro atoms. The SMILES string of the molecule is NCCCCC(C(=O)O)S(=O)(=O)CC1CCCO1. The van der Waals surface area contributed by atoms with Gasteiger partial charge in [0.2, 0.25) is 0 Å². The molecule has 6 nitrogen and oxygen atoms in total. The Balaban J connectivity index is 2.60. The normalized spacial score (nSPS) is 21.9. The van der Waals surface area contributed by atoms with E-state index < -0.39 is 21.1 Å². The van der Waals surface area contributed by atoms with Gasteiger partial charge in [-0.25, -0.2) is 8.42 Å². The minimum atomic E-state index is -3.65. The average molecular weight is 279 g/mol. The summed E-state index contributed by atoms with van der Waals surface area (Å²) in [5.74, 6) is -1.46. The highest BCUT2D eigenvalue weighted by atomic mass is 32.2. The summed E-state index contributed by atoms with van der Waals surface area (Å²) in [5.41, 5.74) is 5.32. The van der Waals surface area contributed by atoms with Gasteiger partial charge in [0, 0.05) is 6.61 Å². The number of carboxylic acid groups (broad SMARTS) is 1. The lowest BCUT2D eigenvalue weighted by atomic mass is 10.2. The molecule has 2 unspecified atom stereocenters. The molecule has 1 saturated heterocycles. The fraction of sp³-hybridized carbons (Fsp3) is 0.909. The van der Waals surface area contributed by atoms with Crippen LogP contribution in [0.1, 0.15) is 32.1 Å². The third-order valence-electron chi connectivity index (χ3n) is 3.07. The van der Waals surface area contributed by atoms with Crippen LogP contribution in [0.5, 0.6) is 0 Å². The highest BCUT2D eigenvalue weighted by Gasteiger charge is 2.35. The van der Waals surface area contributed by atoms with E-state index in [-0.39, 0.29) is 18.3 Å². The molecule has 0 aliphatic carbocycles. The largest absolute Gasteiger partial charge is 0.480 e. The highest BCUT2D eigenvalue weighted by Crippen LogP contribution is 2.19. The molecule has 0 bridgehead atoms. The lowest BCUT2D eigenvalue weighted by Gasteiger charge is -2.16. The summed E-state index contributed by atoms with van der Waals surface area (Å²) in [6.07, 6.45) is 2.46. The van der Waals surface area contributed by atoms with Crippen molar-refractivity contribution in [1.29, 1.82) is 0 Å². The van der Waals surface area contributed by atoms with Crippen LogP contribution in [0.15, 0.2) is 0 Å². The van der Waals surface area contributed by atoms with Crippen LogP contribution in [-0.2, 0) is 19.4 Å². The number of ether oxygens (including phenoxy) is 1. The van der Waals surface area contributed by atoms with Crippen molar-refractivity contribution in [2.45, 2.75) is 43.5 Å². The molecule has 1 aliphatic heterocycles. The maximum Gasteiger partial charge on any atom is 0.321 e. The second kappa shape index (κ2) is 7.06. The first-order valence-corrected chi connectivity index (χ1v) is 7.95. The molecule has 0 aromatic carbocycles. The van der Waals surface area contributed by atoms with Crippen molar-refractivity contribution < 1.29 is 23.1 Å². The Morgan fingerprint density at radius 2 is 2.17 bits per heavy atom. The Hall–Kier alpha value is -0.660. The second-order valence-electron chi connectivity index (χ2n) is 4.58. The zero-order valence-electron chi connectivity index (χ0n) is 10.4. The number of hydrogen-bond acceptors (Lipinski definition) is 5. The summed E-state index contributed by atoms with van der Waals surface area (Å²) in [6, 6.07) is 0. The van der Waals surface area contributed by atoms with Gasteiger partial charge >= 0.3 is 5.97 Å². The van der Waals surface area contributed by atoms with Gasteiger partial charge in [-0.15, -0.1) is 0 Å². The van der Waals surface area contributed by atoms with Crippen molar-refractivity contribution in [2.75, 3.05) is 18.9 Å². The summed E-state index contributed by atoms with van der Waals surface area (Å²) >= 11 is 0. The lowest BCUT2D eigenvalue weighted by Crippen LogP contribution is -2.35. The Kier molecular flexibility index (Phi) is 6.04. The van der Waals surface area contributed by atoms with Gasteiger partial charge in [-0.3, -0.25) is 4.79 Å². The van der Waals surface area contributed by atoms with Crippen molar-refractivity contribution in [3.05, 3.63) is 0 Å². The third-order valence-corrected chi connectivity index (χ3v) is 5.21. The zero-order valence-corrected chi connectivity index (χ0v) is 11.2. The smallest absolute Gasteiger partial charge is 0.321 e. The van der Waals surface area contributed by atoms with Gasteiger partial charge in [0.1, 0.15) is 0 Å². The number of hydrogen-bond donors (Lipinski definition) is 2. The molecule has 7 heteroatoms. The number of unbranched alkanes of at least 4 members (excludes halogenated alkanes) is 1. The summed E-state index contributed by atoms with van der Waals surface area (Å²) < 4.78 is 29.3. The van der Waals surface area contributed by atoms with Gasteiger partial charge in [-0.2, -0.15) is 0 Å². The van der Waals surface area contributed by atoms with Gasteiger partial charge in [-0.1, -0.05) is 6.42 Å². The van der Waals surface area contributed by atoms with E-state index >= 15 is 0 Å². The van der Waals surface area contributed by atoms with E-state index in [1.54, 1.807) is 0 Å². The molecular weight excluding hydrogens is 258 g/mol. The number of carboxylic acids is 1. The Morgan fingerprint density at radius 1 is 1.44 bits per heavy atom. The maximum atomic E-state index is 12.0. The number of nitrogens with two attached hydrogens (primary N) is 1. The van der Waals surface area contributed by atoms with Crippen molar-refractivity contribution in [1.82, 2.24) is 0 Å². The van der Waals surface area contributed by atoms with Crippen LogP contribution in [-0.4, -0.2) is 49.8 Å². The number of sulfone groups is 1. The molecular formula is C11H21NO5S. The molecule has 1 aliphatic rings. The molecule has 18 heavy (non-hydrogen) atoms. The standard InChI is InChI=1S/C11H21NO5S/c12-6-2-1-5-10(11(13)14)18(15,16)8-9-4-3-7-17-9/h9-10H,1-8,12H2,(H,13,14). The van der Waals surface area contributed by atoms with E-state index in [0.29, 0.717) is 32.4 Å². The summed E-state index contributed by atoms with van der Waals surface area (Å²) in [4.78, 5) is 11.1. The third kappa shape index (κ3) is 4.55. The summed E-state index contributed by atoms with van der Waals surface area (Å²) in [7, 11) is -3.65. The predicted octanol–water partition coefficient (Wildman–Crippen LogP) is 0.162. The highest BCUT2D eigenvalue weighted by molar-refractivity contribution is 7.92. The van der Waals surface area contributed by atoms with Gasteiger partial charge in [-0.05, 0) is 32.2 Å². The van der Waals surface area contributed by atoms with Crippen LogP contribution in [0.4, 0.5) is 0 Å². The van der Waals surface area contributed by atoms with E-state index in [9.17, 15) is 13.2 Å². The molecule has 0 aromatic rings. The first-order chi connectivity index (χ1) is 8.47. The Morgan fingerprint density at radius 3 is 2.67 bits per heavy atom. The maximum absolute atomic E-state index is 12.0. The molecule has 1 rings (SSSR count). The van der Waals surface area contributed by atoms with Crippen LogP contribution in [0.3, 0.4) is 0 Å². The average Bonchev–Trinajstić information content (AvgIpc) is 2.75. The van der Waals surface area contributed by atoms with Crippen LogP contribution >= 0.6 is 0 Å². The van der Waals surface area contributed by atoms with Crippen LogP contribution in [0, 0.1) is 0 Å². The van der Waals surface area contributed by atoms with Gasteiger partial charge in [0.05, 0.1) is 11.9 Å². The van der Waals surface area contributed by atoms with E-state index in [1.807, 2.05) is 0 Å². The Labute approximate surface area is 107 Å². The van der Waals surface area contributed by atoms with Crippen molar-refractivity contribution in [3.8, 4) is 0 Å². The van der Waals surface area contributed by atoms with Crippen LogP contribution in [0.25, 0.3) is 0 Å². The predicted molar refractivity (Wildman–Crippen MR) is 67.1 cm³/mol. The molecule has 0 aromatic heterocycles. The van der Waals surface area contributed by atoms with E-state index in [2.05, 4.69) is 0 Å². The Bertz CT molecular complexity index is 362. The minimum absolute atomic E-state index is 0.127. The van der Waals surface area contributed by atoms with Gasteiger partial charge in [0.25, 0.3) is 0 Å². The summed E-state index contributed by atoms with van der Waals surface area (Å²) in [5, 5.41) is 7.71. The van der Waals surface area contributed by atoms with Crippen molar-refractivity contribution >= 4 is 15.8 Å².